The van der Waals surface area contributed by atoms with Crippen LogP contribution in [-0.4, -0.2) is 66.5 Å². The Hall–Kier alpha value is -1.79. The molecule has 1 rings (SSSR count). The maximum absolute atomic E-state index is 11.8. The molecule has 126 valence electrons. The monoisotopic (exact) mass is 313 g/mol. The van der Waals surface area contributed by atoms with Gasteiger partial charge in [0, 0.05) is 45.6 Å². The van der Waals surface area contributed by atoms with Crippen LogP contribution in [0.5, 0.6) is 0 Å². The number of likely N-dealkylation sites (tertiary alicyclic amines) is 1. The van der Waals surface area contributed by atoms with Gasteiger partial charge in [0.1, 0.15) is 0 Å². The normalized spacial score (nSPS) is 15.3. The van der Waals surface area contributed by atoms with E-state index in [0.717, 1.165) is 12.8 Å². The number of carbonyl (C=O) groups excluding carboxylic acids is 3. The summed E-state index contributed by atoms with van der Waals surface area (Å²) in [7, 11) is 0. The number of hydrogen-bond donors (Lipinski definition) is 1. The maximum atomic E-state index is 11.8. The SMILES string of the molecule is CCOC(=O)N1CCC(N(CCNC(=O)CC)C(C)=O)CC1. The molecule has 0 aliphatic carbocycles. The summed E-state index contributed by atoms with van der Waals surface area (Å²) in [6, 6.07) is 0.113. The minimum Gasteiger partial charge on any atom is -0.450 e. The summed E-state index contributed by atoms with van der Waals surface area (Å²) in [6.45, 7) is 7.64. The first-order valence-corrected chi connectivity index (χ1v) is 7.95. The highest BCUT2D eigenvalue weighted by Gasteiger charge is 2.28. The second kappa shape index (κ2) is 9.27. The van der Waals surface area contributed by atoms with E-state index in [4.69, 9.17) is 4.74 Å². The Kier molecular flexibility index (Phi) is 7.70. The molecule has 1 aliphatic heterocycles. The van der Waals surface area contributed by atoms with Crippen LogP contribution >= 0.6 is 0 Å². The van der Waals surface area contributed by atoms with Gasteiger partial charge in [-0.2, -0.15) is 0 Å². The van der Waals surface area contributed by atoms with E-state index in [-0.39, 0.29) is 23.9 Å². The van der Waals surface area contributed by atoms with Crippen molar-refractivity contribution in [2.75, 3.05) is 32.8 Å². The van der Waals surface area contributed by atoms with Crippen LogP contribution in [0.3, 0.4) is 0 Å². The molecule has 0 aromatic rings. The summed E-state index contributed by atoms with van der Waals surface area (Å²) in [5, 5.41) is 2.78. The summed E-state index contributed by atoms with van der Waals surface area (Å²) in [4.78, 5) is 38.2. The van der Waals surface area contributed by atoms with E-state index in [9.17, 15) is 14.4 Å². The highest BCUT2D eigenvalue weighted by Crippen LogP contribution is 2.17. The molecule has 7 nitrogen and oxygen atoms in total. The molecule has 1 fully saturated rings. The summed E-state index contributed by atoms with van der Waals surface area (Å²) < 4.78 is 4.99. The van der Waals surface area contributed by atoms with E-state index < -0.39 is 0 Å². The third kappa shape index (κ3) is 5.54. The Balaban J connectivity index is 2.45. The summed E-state index contributed by atoms with van der Waals surface area (Å²) in [5.41, 5.74) is 0. The Bertz CT molecular complexity index is 392. The molecule has 0 bridgehead atoms. The Morgan fingerprint density at radius 2 is 1.86 bits per heavy atom. The number of hydrogen-bond acceptors (Lipinski definition) is 4. The van der Waals surface area contributed by atoms with Crippen molar-refractivity contribution >= 4 is 17.9 Å². The zero-order valence-corrected chi connectivity index (χ0v) is 13.8. The fraction of sp³-hybridized carbons (Fsp3) is 0.800. The van der Waals surface area contributed by atoms with E-state index in [0.29, 0.717) is 39.2 Å². The van der Waals surface area contributed by atoms with Crippen molar-refractivity contribution in [1.29, 1.82) is 0 Å². The van der Waals surface area contributed by atoms with Crippen LogP contribution in [-0.2, 0) is 14.3 Å². The Labute approximate surface area is 132 Å². The summed E-state index contributed by atoms with van der Waals surface area (Å²) in [5.74, 6) is -0.0130. The first-order valence-electron chi connectivity index (χ1n) is 7.95. The third-order valence-corrected chi connectivity index (χ3v) is 3.83. The fourth-order valence-corrected chi connectivity index (χ4v) is 2.61. The van der Waals surface area contributed by atoms with Crippen LogP contribution in [0.15, 0.2) is 0 Å². The third-order valence-electron chi connectivity index (χ3n) is 3.83. The molecule has 3 amide bonds. The number of ether oxygens (including phenoxy) is 1. The lowest BCUT2D eigenvalue weighted by Gasteiger charge is -2.37. The lowest BCUT2D eigenvalue weighted by atomic mass is 10.0. The first-order chi connectivity index (χ1) is 10.5. The Morgan fingerprint density at radius 3 is 2.36 bits per heavy atom. The predicted molar refractivity (Wildman–Crippen MR) is 82.3 cm³/mol. The molecular formula is C15H27N3O4. The molecule has 7 heteroatoms. The van der Waals surface area contributed by atoms with E-state index in [1.165, 1.54) is 0 Å². The van der Waals surface area contributed by atoms with Crippen LogP contribution in [0.2, 0.25) is 0 Å². The Morgan fingerprint density at radius 1 is 1.23 bits per heavy atom. The van der Waals surface area contributed by atoms with Gasteiger partial charge < -0.3 is 19.9 Å². The van der Waals surface area contributed by atoms with Crippen LogP contribution in [0.25, 0.3) is 0 Å². The number of piperidine rings is 1. The maximum Gasteiger partial charge on any atom is 0.409 e. The van der Waals surface area contributed by atoms with Gasteiger partial charge in [-0.1, -0.05) is 6.92 Å². The lowest BCUT2D eigenvalue weighted by molar-refractivity contribution is -0.132. The average molecular weight is 313 g/mol. The molecule has 1 N–H and O–H groups in total. The van der Waals surface area contributed by atoms with Gasteiger partial charge in [-0.3, -0.25) is 9.59 Å². The van der Waals surface area contributed by atoms with Gasteiger partial charge in [-0.25, -0.2) is 4.79 Å². The molecule has 22 heavy (non-hydrogen) atoms. The number of nitrogens with zero attached hydrogens (tertiary/aromatic N) is 2. The van der Waals surface area contributed by atoms with Crippen molar-refractivity contribution < 1.29 is 19.1 Å². The van der Waals surface area contributed by atoms with Gasteiger partial charge in [0.15, 0.2) is 0 Å². The second-order valence-electron chi connectivity index (χ2n) is 5.33. The standard InChI is InChI=1S/C15H27N3O4/c1-4-14(20)16-8-11-18(12(3)19)13-6-9-17(10-7-13)15(21)22-5-2/h13H,4-11H2,1-3H3,(H,16,20). The largest absolute Gasteiger partial charge is 0.450 e. The lowest BCUT2D eigenvalue weighted by Crippen LogP contribution is -2.50. The highest BCUT2D eigenvalue weighted by molar-refractivity contribution is 5.76. The van der Waals surface area contributed by atoms with Crippen LogP contribution in [0.1, 0.15) is 40.0 Å². The second-order valence-corrected chi connectivity index (χ2v) is 5.33. The minimum absolute atomic E-state index is 0.000308. The van der Waals surface area contributed by atoms with Gasteiger partial charge in [0.05, 0.1) is 6.61 Å². The van der Waals surface area contributed by atoms with Crippen molar-refractivity contribution in [1.82, 2.24) is 15.1 Å². The zero-order valence-electron chi connectivity index (χ0n) is 13.8. The predicted octanol–water partition coefficient (Wildman–Crippen LogP) is 0.982. The molecule has 0 aromatic carbocycles. The number of rotatable bonds is 6. The topological polar surface area (TPSA) is 79.0 Å². The van der Waals surface area contributed by atoms with Gasteiger partial charge in [-0.05, 0) is 19.8 Å². The molecule has 0 radical (unpaired) electrons. The molecular weight excluding hydrogens is 286 g/mol. The summed E-state index contributed by atoms with van der Waals surface area (Å²) in [6.07, 6.45) is 1.63. The highest BCUT2D eigenvalue weighted by atomic mass is 16.6. The van der Waals surface area contributed by atoms with Crippen molar-refractivity contribution in [3.63, 3.8) is 0 Å². The van der Waals surface area contributed by atoms with Crippen molar-refractivity contribution in [2.24, 2.45) is 0 Å². The molecule has 1 heterocycles. The van der Waals surface area contributed by atoms with Gasteiger partial charge in [0.2, 0.25) is 11.8 Å². The molecule has 0 spiro atoms. The van der Waals surface area contributed by atoms with Crippen LogP contribution in [0.4, 0.5) is 4.79 Å². The molecule has 0 atom stereocenters. The van der Waals surface area contributed by atoms with E-state index in [1.54, 1.807) is 30.6 Å². The summed E-state index contributed by atoms with van der Waals surface area (Å²) >= 11 is 0. The van der Waals surface area contributed by atoms with Crippen LogP contribution in [0, 0.1) is 0 Å². The minimum atomic E-state index is -0.287. The quantitative estimate of drug-likeness (QED) is 0.793. The van der Waals surface area contributed by atoms with Crippen molar-refractivity contribution in [2.45, 2.75) is 46.1 Å². The molecule has 0 saturated carbocycles. The van der Waals surface area contributed by atoms with Crippen molar-refractivity contribution in [3.8, 4) is 0 Å². The smallest absolute Gasteiger partial charge is 0.409 e. The first kappa shape index (κ1) is 18.3. The van der Waals surface area contributed by atoms with Gasteiger partial charge in [0.25, 0.3) is 0 Å². The van der Waals surface area contributed by atoms with Gasteiger partial charge >= 0.3 is 6.09 Å². The zero-order chi connectivity index (χ0) is 16.5. The molecule has 1 aliphatic rings. The van der Waals surface area contributed by atoms with Crippen LogP contribution < -0.4 is 5.32 Å². The fourth-order valence-electron chi connectivity index (χ4n) is 2.61. The van der Waals surface area contributed by atoms with E-state index in [2.05, 4.69) is 5.32 Å². The average Bonchev–Trinajstić information content (AvgIpc) is 2.51. The number of amides is 3. The molecule has 1 saturated heterocycles. The van der Waals surface area contributed by atoms with E-state index in [1.807, 2.05) is 0 Å². The number of nitrogens with one attached hydrogen (secondary N) is 1. The molecule has 0 aromatic heterocycles. The molecule has 0 unspecified atom stereocenters. The van der Waals surface area contributed by atoms with Gasteiger partial charge in [-0.15, -0.1) is 0 Å². The van der Waals surface area contributed by atoms with E-state index >= 15 is 0 Å². The van der Waals surface area contributed by atoms with Crippen molar-refractivity contribution in [3.05, 3.63) is 0 Å². The number of carbonyl (C=O) groups is 3.